The van der Waals surface area contributed by atoms with Crippen LogP contribution in [0.1, 0.15) is 51.6 Å². The number of nitrogens with zero attached hydrogens (tertiary/aromatic N) is 3. The number of amides is 1. The van der Waals surface area contributed by atoms with Crippen molar-refractivity contribution in [3.63, 3.8) is 0 Å². The van der Waals surface area contributed by atoms with Crippen LogP contribution >= 0.6 is 0 Å². The maximum atomic E-state index is 13.7. The molecule has 11 heteroatoms. The van der Waals surface area contributed by atoms with Gasteiger partial charge in [-0.15, -0.1) is 0 Å². The highest BCUT2D eigenvalue weighted by Crippen LogP contribution is 2.34. The van der Waals surface area contributed by atoms with Gasteiger partial charge in [-0.2, -0.15) is 4.31 Å². The smallest absolute Gasteiger partial charge is 0.341 e. The number of benzene rings is 2. The number of carbonyl (C=O) groups is 2. The topological polar surface area (TPSA) is 109 Å². The predicted octanol–water partition coefficient (Wildman–Crippen LogP) is 3.82. The zero-order valence-electron chi connectivity index (χ0n) is 21.3. The average molecular weight is 544 g/mol. The summed E-state index contributed by atoms with van der Waals surface area (Å²) in [5.41, 5.74) is 2.40. The molecule has 0 aliphatic carbocycles. The van der Waals surface area contributed by atoms with Crippen LogP contribution in [0.3, 0.4) is 0 Å². The number of pyridine rings is 1. The van der Waals surface area contributed by atoms with Crippen molar-refractivity contribution < 1.29 is 32.2 Å². The number of methoxy groups -OCH3 is 1. The largest absolute Gasteiger partial charge is 0.490 e. The van der Waals surface area contributed by atoms with Gasteiger partial charge >= 0.3 is 5.97 Å². The Balaban J connectivity index is 1.80. The number of unbranched alkanes of at least 4 members (excludes halogenated alkanes) is 1. The molecule has 38 heavy (non-hydrogen) atoms. The van der Waals surface area contributed by atoms with Crippen molar-refractivity contribution in [3.05, 3.63) is 70.7 Å². The molecule has 1 aromatic heterocycles. The lowest BCUT2D eigenvalue weighted by atomic mass is 9.98. The van der Waals surface area contributed by atoms with Crippen molar-refractivity contribution in [1.82, 2.24) is 14.2 Å². The van der Waals surface area contributed by atoms with Gasteiger partial charge in [0.2, 0.25) is 11.3 Å². The minimum atomic E-state index is -2.11. The van der Waals surface area contributed by atoms with Crippen molar-refractivity contribution >= 4 is 34.0 Å². The van der Waals surface area contributed by atoms with Crippen LogP contribution in [0.4, 0.5) is 4.39 Å². The lowest BCUT2D eigenvalue weighted by molar-refractivity contribution is 0.0596. The summed E-state index contributed by atoms with van der Waals surface area (Å²) in [7, 11) is 1.26. The van der Waals surface area contributed by atoms with E-state index in [2.05, 4.69) is 4.98 Å². The summed E-state index contributed by atoms with van der Waals surface area (Å²) in [6.45, 7) is 3.36. The molecular formula is C27H30FN3O6S. The first-order valence-electron chi connectivity index (χ1n) is 12.4. The number of hydrogen-bond acceptors (Lipinski definition) is 6. The first-order valence-corrected chi connectivity index (χ1v) is 13.4. The number of piperazine rings is 1. The van der Waals surface area contributed by atoms with Gasteiger partial charge in [-0.25, -0.2) is 13.4 Å². The highest BCUT2D eigenvalue weighted by Gasteiger charge is 2.29. The molecule has 1 atom stereocenters. The number of esters is 1. The van der Waals surface area contributed by atoms with Gasteiger partial charge in [0.15, 0.2) is 5.75 Å². The Labute approximate surface area is 223 Å². The highest BCUT2D eigenvalue weighted by atomic mass is 32.2. The minimum absolute atomic E-state index is 0.105. The zero-order chi connectivity index (χ0) is 27.2. The molecule has 9 nitrogen and oxygen atoms in total. The van der Waals surface area contributed by atoms with Gasteiger partial charge in [0.25, 0.3) is 5.91 Å². The van der Waals surface area contributed by atoms with Crippen molar-refractivity contribution in [2.45, 2.75) is 26.2 Å². The Morgan fingerprint density at radius 2 is 1.79 bits per heavy atom. The molecule has 1 N–H and O–H groups in total. The van der Waals surface area contributed by atoms with E-state index in [4.69, 9.17) is 9.47 Å². The van der Waals surface area contributed by atoms with Crippen LogP contribution in [0.5, 0.6) is 5.75 Å². The predicted molar refractivity (Wildman–Crippen MR) is 141 cm³/mol. The molecule has 1 amide bonds. The fourth-order valence-corrected chi connectivity index (χ4v) is 4.84. The molecule has 2 aromatic carbocycles. The van der Waals surface area contributed by atoms with Gasteiger partial charge in [0.1, 0.15) is 16.9 Å². The van der Waals surface area contributed by atoms with Gasteiger partial charge in [0, 0.05) is 37.8 Å². The third kappa shape index (κ3) is 6.17. The van der Waals surface area contributed by atoms with Crippen molar-refractivity contribution in [3.8, 4) is 5.75 Å². The number of aromatic nitrogens is 1. The summed E-state index contributed by atoms with van der Waals surface area (Å²) >= 11 is -2.11. The van der Waals surface area contributed by atoms with Crippen LogP contribution < -0.4 is 4.74 Å². The standard InChI is InChI=1S/C27H30FN3O6S/c1-3-4-13-37-25-23(27(33)36-2)16-22(26(32)30-9-11-31(12-10-30)38(34)35)21-15-19(17-29-24(21)25)14-18-5-7-20(28)8-6-18/h5-8,15-17H,3-4,9-14H2,1-2H3,(H,34,35). The van der Waals surface area contributed by atoms with E-state index in [9.17, 15) is 22.7 Å². The summed E-state index contributed by atoms with van der Waals surface area (Å²) in [6.07, 6.45) is 3.77. The molecule has 202 valence electrons. The second kappa shape index (κ2) is 12.4. The summed E-state index contributed by atoms with van der Waals surface area (Å²) in [5.74, 6) is -1.05. The first-order chi connectivity index (χ1) is 18.3. The van der Waals surface area contributed by atoms with E-state index in [0.717, 1.165) is 24.0 Å². The van der Waals surface area contributed by atoms with E-state index < -0.39 is 17.2 Å². The first kappa shape index (κ1) is 27.6. The van der Waals surface area contributed by atoms with Gasteiger partial charge in [0.05, 0.1) is 19.3 Å². The number of halogens is 1. The lowest BCUT2D eigenvalue weighted by Gasteiger charge is -2.32. The van der Waals surface area contributed by atoms with Crippen molar-refractivity contribution in [1.29, 1.82) is 0 Å². The Hall–Kier alpha value is -3.41. The molecule has 1 fully saturated rings. The monoisotopic (exact) mass is 543 g/mol. The zero-order valence-corrected chi connectivity index (χ0v) is 22.1. The molecule has 1 aliphatic heterocycles. The molecule has 0 radical (unpaired) electrons. The highest BCUT2D eigenvalue weighted by molar-refractivity contribution is 7.76. The van der Waals surface area contributed by atoms with E-state index in [1.54, 1.807) is 23.2 Å². The lowest BCUT2D eigenvalue weighted by Crippen LogP contribution is -2.49. The summed E-state index contributed by atoms with van der Waals surface area (Å²) in [5, 5.41) is 0.516. The number of fused-ring (bicyclic) bond motifs is 1. The molecule has 1 saturated heterocycles. The molecule has 1 aliphatic rings. The molecule has 1 unspecified atom stereocenters. The van der Waals surface area contributed by atoms with Crippen LogP contribution in [0.2, 0.25) is 0 Å². The summed E-state index contributed by atoms with van der Waals surface area (Å²) < 4.78 is 46.5. The second-order valence-corrected chi connectivity index (χ2v) is 9.97. The van der Waals surface area contributed by atoms with E-state index in [-0.39, 0.29) is 54.8 Å². The number of ether oxygens (including phenoxy) is 2. The molecule has 0 saturated carbocycles. The molecular weight excluding hydrogens is 513 g/mol. The van der Waals surface area contributed by atoms with Gasteiger partial charge < -0.3 is 14.4 Å². The molecule has 0 spiro atoms. The molecule has 2 heterocycles. The molecule has 4 rings (SSSR count). The quantitative estimate of drug-likeness (QED) is 0.248. The van der Waals surface area contributed by atoms with Crippen molar-refractivity contribution in [2.24, 2.45) is 0 Å². The third-order valence-corrected chi connectivity index (χ3v) is 7.24. The summed E-state index contributed by atoms with van der Waals surface area (Å²) in [6, 6.07) is 9.48. The summed E-state index contributed by atoms with van der Waals surface area (Å²) in [4.78, 5) is 32.7. The van der Waals surface area contributed by atoms with E-state index in [1.165, 1.54) is 29.6 Å². The number of rotatable bonds is 9. The van der Waals surface area contributed by atoms with Crippen LogP contribution in [-0.2, 0) is 22.4 Å². The van der Waals surface area contributed by atoms with Gasteiger partial charge in [-0.05, 0) is 48.2 Å². The van der Waals surface area contributed by atoms with Crippen LogP contribution in [0.15, 0.2) is 42.6 Å². The van der Waals surface area contributed by atoms with E-state index in [1.807, 2.05) is 13.0 Å². The Morgan fingerprint density at radius 3 is 2.42 bits per heavy atom. The van der Waals surface area contributed by atoms with E-state index in [0.29, 0.717) is 23.9 Å². The fraction of sp³-hybridized carbons (Fsp3) is 0.370. The number of hydrogen-bond donors (Lipinski definition) is 1. The van der Waals surface area contributed by atoms with Crippen LogP contribution in [0.25, 0.3) is 10.9 Å². The fourth-order valence-electron chi connectivity index (χ4n) is 4.37. The normalized spacial score (nSPS) is 14.9. The maximum absolute atomic E-state index is 13.7. The second-order valence-electron chi connectivity index (χ2n) is 8.99. The molecule has 3 aromatic rings. The average Bonchev–Trinajstić information content (AvgIpc) is 2.93. The van der Waals surface area contributed by atoms with Crippen LogP contribution in [-0.4, -0.2) is 74.7 Å². The molecule has 0 bridgehead atoms. The third-order valence-electron chi connectivity index (χ3n) is 6.43. The SMILES string of the molecule is CCCCOc1c(C(=O)OC)cc(C(=O)N2CCN(S(=O)O)CC2)c2cc(Cc3ccc(F)cc3)cnc12. The van der Waals surface area contributed by atoms with Crippen molar-refractivity contribution in [2.75, 3.05) is 39.9 Å². The van der Waals surface area contributed by atoms with Gasteiger partial charge in [-0.1, -0.05) is 25.5 Å². The Kier molecular flexibility index (Phi) is 9.03. The Morgan fingerprint density at radius 1 is 1.08 bits per heavy atom. The van der Waals surface area contributed by atoms with E-state index >= 15 is 0 Å². The number of carbonyl (C=O) groups excluding carboxylic acids is 2. The van der Waals surface area contributed by atoms with Gasteiger partial charge in [-0.3, -0.25) is 14.3 Å². The maximum Gasteiger partial charge on any atom is 0.341 e. The van der Waals surface area contributed by atoms with Crippen LogP contribution in [0, 0.1) is 5.82 Å². The Bertz CT molecular complexity index is 1340. The minimum Gasteiger partial charge on any atom is -0.490 e.